The lowest BCUT2D eigenvalue weighted by Gasteiger charge is -2.12. The Morgan fingerprint density at radius 1 is 1.05 bits per heavy atom. The summed E-state index contributed by atoms with van der Waals surface area (Å²) in [6.45, 7) is 0. The van der Waals surface area contributed by atoms with Gasteiger partial charge >= 0.3 is 10.1 Å². The second-order valence-corrected chi connectivity index (χ2v) is 9.14. The van der Waals surface area contributed by atoms with Gasteiger partial charge in [0.2, 0.25) is 0 Å². The molecule has 0 saturated heterocycles. The molecule has 0 spiro atoms. The van der Waals surface area contributed by atoms with Crippen molar-refractivity contribution in [3.05, 3.63) is 97.1 Å². The number of halogens is 1. The fraction of sp³-hybridized carbons (Fsp3) is 0.0435. The molecule has 0 heterocycles. The maximum absolute atomic E-state index is 12.7. The first-order chi connectivity index (χ1) is 18.0. The lowest BCUT2D eigenvalue weighted by molar-refractivity contribution is -0.387. The molecular weight excluding hydrogens is 544 g/mol. The molecule has 3 rings (SSSR count). The summed E-state index contributed by atoms with van der Waals surface area (Å²) in [5.74, 6) is -1.36. The van der Waals surface area contributed by atoms with Crippen LogP contribution in [0.25, 0.3) is 6.08 Å². The Hall–Kier alpha value is -5.00. The van der Waals surface area contributed by atoms with Gasteiger partial charge < -0.3 is 14.2 Å². The highest BCUT2D eigenvalue weighted by molar-refractivity contribution is 7.87. The van der Waals surface area contributed by atoms with Gasteiger partial charge in [-0.25, -0.2) is 0 Å². The van der Waals surface area contributed by atoms with Crippen molar-refractivity contribution in [2.75, 3.05) is 12.4 Å². The van der Waals surface area contributed by atoms with Crippen molar-refractivity contribution in [3.8, 4) is 17.6 Å². The number of hydrogen-bond donors (Lipinski definition) is 1. The Morgan fingerprint density at radius 3 is 2.39 bits per heavy atom. The zero-order valence-corrected chi connectivity index (χ0v) is 20.7. The van der Waals surface area contributed by atoms with Gasteiger partial charge in [0.05, 0.1) is 27.7 Å². The highest BCUT2D eigenvalue weighted by Crippen LogP contribution is 2.34. The van der Waals surface area contributed by atoms with Crippen molar-refractivity contribution < 1.29 is 32.0 Å². The number of nitro benzene ring substituents is 2. The third kappa shape index (κ3) is 6.22. The maximum atomic E-state index is 12.7. The fourth-order valence-electron chi connectivity index (χ4n) is 3.05. The van der Waals surface area contributed by atoms with E-state index in [0.29, 0.717) is 0 Å². The number of rotatable bonds is 9. The first-order valence-corrected chi connectivity index (χ1v) is 12.0. The summed E-state index contributed by atoms with van der Waals surface area (Å²) in [4.78, 5) is 32.6. The van der Waals surface area contributed by atoms with E-state index in [1.807, 2.05) is 0 Å². The van der Waals surface area contributed by atoms with Crippen LogP contribution in [-0.2, 0) is 14.9 Å². The minimum absolute atomic E-state index is 0.00396. The monoisotopic (exact) mass is 558 g/mol. The van der Waals surface area contributed by atoms with E-state index in [2.05, 4.69) is 5.32 Å². The molecule has 0 aliphatic rings. The number of amides is 1. The van der Waals surface area contributed by atoms with Crippen LogP contribution in [0.4, 0.5) is 17.1 Å². The van der Waals surface area contributed by atoms with Crippen molar-refractivity contribution >= 4 is 50.8 Å². The number of nitriles is 1. The van der Waals surface area contributed by atoms with Crippen LogP contribution in [0.2, 0.25) is 5.02 Å². The Balaban J connectivity index is 1.90. The number of para-hydroxylation sites is 1. The van der Waals surface area contributed by atoms with Gasteiger partial charge in [-0.1, -0.05) is 29.8 Å². The van der Waals surface area contributed by atoms with Gasteiger partial charge in [0.25, 0.3) is 17.3 Å². The molecule has 0 aliphatic carbocycles. The predicted molar refractivity (Wildman–Crippen MR) is 134 cm³/mol. The van der Waals surface area contributed by atoms with E-state index in [4.69, 9.17) is 20.5 Å². The first-order valence-electron chi connectivity index (χ1n) is 10.2. The molecule has 194 valence electrons. The number of non-ortho nitro benzene ring substituents is 1. The number of ether oxygens (including phenoxy) is 1. The lowest BCUT2D eigenvalue weighted by atomic mass is 10.1. The van der Waals surface area contributed by atoms with Gasteiger partial charge in [0, 0.05) is 18.2 Å². The zero-order chi connectivity index (χ0) is 28.0. The van der Waals surface area contributed by atoms with Crippen LogP contribution in [0.3, 0.4) is 0 Å². The van der Waals surface area contributed by atoms with Gasteiger partial charge in [-0.2, -0.15) is 13.7 Å². The van der Waals surface area contributed by atoms with Crippen molar-refractivity contribution in [1.82, 2.24) is 0 Å². The summed E-state index contributed by atoms with van der Waals surface area (Å²) >= 11 is 5.98. The average Bonchev–Trinajstić information content (AvgIpc) is 2.88. The van der Waals surface area contributed by atoms with Gasteiger partial charge in [-0.3, -0.25) is 25.0 Å². The first kappa shape index (κ1) is 27.6. The average molecular weight is 559 g/mol. The molecule has 13 nitrogen and oxygen atoms in total. The van der Waals surface area contributed by atoms with Crippen LogP contribution in [0.15, 0.2) is 71.1 Å². The Morgan fingerprint density at radius 2 is 1.76 bits per heavy atom. The van der Waals surface area contributed by atoms with E-state index in [1.54, 1.807) is 6.07 Å². The molecule has 0 bridgehead atoms. The molecule has 38 heavy (non-hydrogen) atoms. The molecule has 3 aromatic carbocycles. The van der Waals surface area contributed by atoms with Gasteiger partial charge in [0.1, 0.15) is 11.6 Å². The summed E-state index contributed by atoms with van der Waals surface area (Å²) in [6, 6.07) is 13.4. The van der Waals surface area contributed by atoms with Gasteiger partial charge in [0.15, 0.2) is 16.4 Å². The van der Waals surface area contributed by atoms with Crippen LogP contribution in [-0.4, -0.2) is 31.3 Å². The Kier molecular flexibility index (Phi) is 8.26. The molecule has 0 aliphatic heterocycles. The minimum atomic E-state index is -4.64. The van der Waals surface area contributed by atoms with Crippen molar-refractivity contribution in [2.24, 2.45) is 0 Å². The van der Waals surface area contributed by atoms with Crippen LogP contribution in [0.1, 0.15) is 5.56 Å². The molecule has 15 heteroatoms. The quantitative estimate of drug-likeness (QED) is 0.129. The Labute approximate surface area is 219 Å². The van der Waals surface area contributed by atoms with Crippen LogP contribution in [0.5, 0.6) is 11.5 Å². The second kappa shape index (κ2) is 11.4. The topological polar surface area (TPSA) is 192 Å². The number of hydrogen-bond acceptors (Lipinski definition) is 10. The summed E-state index contributed by atoms with van der Waals surface area (Å²) in [5, 5.41) is 34.0. The number of nitrogens with one attached hydrogen (secondary N) is 1. The van der Waals surface area contributed by atoms with E-state index in [0.717, 1.165) is 30.3 Å². The molecule has 0 unspecified atom stereocenters. The molecule has 3 aromatic rings. The number of carbonyl (C=O) groups is 1. The largest absolute Gasteiger partial charge is 0.493 e. The normalized spacial score (nSPS) is 11.2. The van der Waals surface area contributed by atoms with Crippen molar-refractivity contribution in [3.63, 3.8) is 0 Å². The number of carbonyl (C=O) groups excluding carboxylic acids is 1. The number of anilines is 1. The number of benzene rings is 3. The highest BCUT2D eigenvalue weighted by atomic mass is 35.5. The highest BCUT2D eigenvalue weighted by Gasteiger charge is 2.28. The summed E-state index contributed by atoms with van der Waals surface area (Å²) < 4.78 is 35.7. The molecule has 0 radical (unpaired) electrons. The van der Waals surface area contributed by atoms with E-state index in [1.165, 1.54) is 43.5 Å². The van der Waals surface area contributed by atoms with E-state index >= 15 is 0 Å². The standard InChI is InChI=1S/C23H15ClN4O9S/c1-36-21-11-14(6-9-20(21)37-38(34,35)22-5-3-2-4-19(22)28(32)33)10-15(13-25)23(29)26-18-12-16(27(30)31)7-8-17(18)24/h2-12H,1H3,(H,26,29)/b15-10+. The SMILES string of the molecule is COc1cc(/C=C(\C#N)C(=O)Nc2cc([N+](=O)[O-])ccc2Cl)ccc1OS(=O)(=O)c1ccccc1[N+](=O)[O-]. The van der Waals surface area contributed by atoms with Crippen LogP contribution in [0, 0.1) is 31.6 Å². The number of nitrogens with zero attached hydrogens (tertiary/aromatic N) is 3. The van der Waals surface area contributed by atoms with E-state index in [9.17, 15) is 38.7 Å². The summed E-state index contributed by atoms with van der Waals surface area (Å²) in [7, 11) is -3.43. The van der Waals surface area contributed by atoms with E-state index < -0.39 is 42.0 Å². The number of nitro groups is 2. The van der Waals surface area contributed by atoms with Crippen LogP contribution < -0.4 is 14.2 Å². The third-order valence-corrected chi connectivity index (χ3v) is 6.42. The molecule has 0 atom stereocenters. The lowest BCUT2D eigenvalue weighted by Crippen LogP contribution is -2.14. The van der Waals surface area contributed by atoms with Crippen molar-refractivity contribution in [2.45, 2.75) is 4.90 Å². The fourth-order valence-corrected chi connectivity index (χ4v) is 4.33. The smallest absolute Gasteiger partial charge is 0.346 e. The number of methoxy groups -OCH3 is 1. The van der Waals surface area contributed by atoms with Gasteiger partial charge in [-0.05, 0) is 35.9 Å². The molecule has 1 N–H and O–H groups in total. The molecule has 0 aromatic heterocycles. The minimum Gasteiger partial charge on any atom is -0.493 e. The second-order valence-electron chi connectivity index (χ2n) is 7.22. The van der Waals surface area contributed by atoms with Gasteiger partial charge in [-0.15, -0.1) is 0 Å². The summed E-state index contributed by atoms with van der Waals surface area (Å²) in [6.07, 6.45) is 1.14. The van der Waals surface area contributed by atoms with Crippen LogP contribution >= 0.6 is 11.6 Å². The molecule has 0 fully saturated rings. The molecule has 0 saturated carbocycles. The van der Waals surface area contributed by atoms with E-state index in [-0.39, 0.29) is 33.5 Å². The summed E-state index contributed by atoms with van der Waals surface area (Å²) in [5.41, 5.74) is -1.30. The zero-order valence-electron chi connectivity index (χ0n) is 19.2. The van der Waals surface area contributed by atoms with Crippen molar-refractivity contribution in [1.29, 1.82) is 5.26 Å². The molecular formula is C23H15ClN4O9S. The third-order valence-electron chi connectivity index (χ3n) is 4.80. The molecule has 1 amide bonds. The Bertz CT molecular complexity index is 1630. The predicted octanol–water partition coefficient (Wildman–Crippen LogP) is 4.48. The maximum Gasteiger partial charge on any atom is 0.346 e.